The Morgan fingerprint density at radius 2 is 1.76 bits per heavy atom. The number of aryl methyl sites for hydroxylation is 1. The third-order valence-corrected chi connectivity index (χ3v) is 3.93. The molecule has 1 aromatic carbocycles. The first-order valence-electron chi connectivity index (χ1n) is 7.89. The molecule has 2 rings (SSSR count). The van der Waals surface area contributed by atoms with Crippen molar-refractivity contribution in [3.05, 3.63) is 35.4 Å². The van der Waals surface area contributed by atoms with E-state index < -0.39 is 0 Å². The molecule has 0 spiro atoms. The molecule has 21 heavy (non-hydrogen) atoms. The predicted octanol–water partition coefficient (Wildman–Crippen LogP) is 1.93. The fourth-order valence-corrected chi connectivity index (χ4v) is 2.70. The van der Waals surface area contributed by atoms with Gasteiger partial charge in [-0.25, -0.2) is 0 Å². The molecule has 0 saturated carbocycles. The van der Waals surface area contributed by atoms with Crippen LogP contribution in [-0.2, 0) is 22.5 Å². The summed E-state index contributed by atoms with van der Waals surface area (Å²) < 4.78 is 5.00. The minimum absolute atomic E-state index is 0.110. The number of piperazine rings is 1. The van der Waals surface area contributed by atoms with Crippen molar-refractivity contribution in [2.75, 3.05) is 39.3 Å². The van der Waals surface area contributed by atoms with Gasteiger partial charge in [-0.2, -0.15) is 0 Å². The summed E-state index contributed by atoms with van der Waals surface area (Å²) >= 11 is 0. The monoisotopic (exact) mass is 290 g/mol. The summed E-state index contributed by atoms with van der Waals surface area (Å²) in [6, 6.07) is 8.82. The van der Waals surface area contributed by atoms with Crippen molar-refractivity contribution >= 4 is 5.97 Å². The van der Waals surface area contributed by atoms with Crippen molar-refractivity contribution in [2.24, 2.45) is 0 Å². The maximum atomic E-state index is 11.5. The second-order valence-electron chi connectivity index (χ2n) is 5.53. The van der Waals surface area contributed by atoms with Gasteiger partial charge in [-0.15, -0.1) is 0 Å². The summed E-state index contributed by atoms with van der Waals surface area (Å²) in [6.45, 7) is 9.82. The van der Waals surface area contributed by atoms with E-state index in [4.69, 9.17) is 4.74 Å². The zero-order valence-electron chi connectivity index (χ0n) is 13.2. The van der Waals surface area contributed by atoms with Crippen molar-refractivity contribution in [2.45, 2.75) is 26.8 Å². The van der Waals surface area contributed by atoms with Crippen molar-refractivity contribution in [3.8, 4) is 0 Å². The molecule has 0 bridgehead atoms. The van der Waals surface area contributed by atoms with Crippen LogP contribution in [0.5, 0.6) is 0 Å². The minimum atomic E-state index is -0.110. The highest BCUT2D eigenvalue weighted by Gasteiger charge is 2.19. The van der Waals surface area contributed by atoms with E-state index in [0.29, 0.717) is 13.2 Å². The molecule has 4 nitrogen and oxygen atoms in total. The molecule has 1 fully saturated rings. The molecule has 0 aromatic heterocycles. The number of hydrogen-bond acceptors (Lipinski definition) is 4. The minimum Gasteiger partial charge on any atom is -0.465 e. The third kappa shape index (κ3) is 5.14. The van der Waals surface area contributed by atoms with Crippen molar-refractivity contribution < 1.29 is 9.53 Å². The lowest BCUT2D eigenvalue weighted by atomic mass is 10.1. The van der Waals surface area contributed by atoms with Crippen molar-refractivity contribution in [1.82, 2.24) is 9.80 Å². The van der Waals surface area contributed by atoms with Gasteiger partial charge in [0, 0.05) is 32.7 Å². The predicted molar refractivity (Wildman–Crippen MR) is 84.2 cm³/mol. The van der Waals surface area contributed by atoms with Crippen LogP contribution in [-0.4, -0.2) is 55.1 Å². The average molecular weight is 290 g/mol. The van der Waals surface area contributed by atoms with Crippen LogP contribution in [0.2, 0.25) is 0 Å². The Morgan fingerprint density at radius 3 is 2.43 bits per heavy atom. The topological polar surface area (TPSA) is 32.8 Å². The molecule has 4 heteroatoms. The zero-order chi connectivity index (χ0) is 15.1. The van der Waals surface area contributed by atoms with Gasteiger partial charge in [0.1, 0.15) is 0 Å². The van der Waals surface area contributed by atoms with Crippen LogP contribution in [0.1, 0.15) is 25.0 Å². The van der Waals surface area contributed by atoms with E-state index in [1.165, 1.54) is 11.1 Å². The molecule has 0 aliphatic carbocycles. The van der Waals surface area contributed by atoms with Crippen LogP contribution in [0.15, 0.2) is 24.3 Å². The number of ether oxygens (including phenoxy) is 1. The van der Waals surface area contributed by atoms with Crippen LogP contribution in [0, 0.1) is 0 Å². The lowest BCUT2D eigenvalue weighted by Gasteiger charge is -2.34. The SMILES string of the molecule is CCOC(=O)CN1CCN(Cc2cccc(CC)c2)CC1. The second-order valence-corrected chi connectivity index (χ2v) is 5.53. The van der Waals surface area contributed by atoms with E-state index in [9.17, 15) is 4.79 Å². The molecule has 116 valence electrons. The molecule has 1 aromatic rings. The number of carbonyl (C=O) groups is 1. The number of rotatable bonds is 6. The smallest absolute Gasteiger partial charge is 0.320 e. The maximum absolute atomic E-state index is 11.5. The fourth-order valence-electron chi connectivity index (χ4n) is 2.70. The van der Waals surface area contributed by atoms with Gasteiger partial charge in [-0.05, 0) is 24.5 Å². The highest BCUT2D eigenvalue weighted by molar-refractivity contribution is 5.71. The van der Waals surface area contributed by atoms with Crippen LogP contribution in [0.4, 0.5) is 0 Å². The van der Waals surface area contributed by atoms with Crippen molar-refractivity contribution in [3.63, 3.8) is 0 Å². The summed E-state index contributed by atoms with van der Waals surface area (Å²) in [7, 11) is 0. The quantitative estimate of drug-likeness (QED) is 0.750. The van der Waals surface area contributed by atoms with E-state index in [1.54, 1.807) is 0 Å². The lowest BCUT2D eigenvalue weighted by Crippen LogP contribution is -2.47. The Bertz CT molecular complexity index is 454. The third-order valence-electron chi connectivity index (χ3n) is 3.93. The van der Waals surface area contributed by atoms with Crippen LogP contribution >= 0.6 is 0 Å². The average Bonchev–Trinajstić information content (AvgIpc) is 2.50. The Balaban J connectivity index is 1.77. The Labute approximate surface area is 127 Å². The molecule has 0 radical (unpaired) electrons. The van der Waals surface area contributed by atoms with Gasteiger partial charge in [0.2, 0.25) is 0 Å². The van der Waals surface area contributed by atoms with E-state index in [0.717, 1.165) is 39.1 Å². The highest BCUT2D eigenvalue weighted by atomic mass is 16.5. The Morgan fingerprint density at radius 1 is 1.10 bits per heavy atom. The van der Waals surface area contributed by atoms with Gasteiger partial charge in [0.05, 0.1) is 13.2 Å². The van der Waals surface area contributed by atoms with Gasteiger partial charge >= 0.3 is 5.97 Å². The van der Waals surface area contributed by atoms with Gasteiger partial charge in [-0.3, -0.25) is 14.6 Å². The van der Waals surface area contributed by atoms with E-state index in [-0.39, 0.29) is 5.97 Å². The fraction of sp³-hybridized carbons (Fsp3) is 0.588. The van der Waals surface area contributed by atoms with Crippen LogP contribution in [0.25, 0.3) is 0 Å². The van der Waals surface area contributed by atoms with E-state index >= 15 is 0 Å². The molecule has 0 unspecified atom stereocenters. The van der Waals surface area contributed by atoms with Gasteiger partial charge < -0.3 is 4.74 Å². The Hall–Kier alpha value is -1.39. The first kappa shape index (κ1) is 16.0. The summed E-state index contributed by atoms with van der Waals surface area (Å²) in [5, 5.41) is 0. The number of nitrogens with zero attached hydrogens (tertiary/aromatic N) is 2. The summed E-state index contributed by atoms with van der Waals surface area (Å²) in [6.07, 6.45) is 1.08. The normalized spacial score (nSPS) is 16.9. The molecule has 1 aliphatic heterocycles. The number of hydrogen-bond donors (Lipinski definition) is 0. The lowest BCUT2D eigenvalue weighted by molar-refractivity contribution is -0.144. The molecular weight excluding hydrogens is 264 g/mol. The highest BCUT2D eigenvalue weighted by Crippen LogP contribution is 2.11. The Kier molecular flexibility index (Phi) is 6.21. The first-order valence-corrected chi connectivity index (χ1v) is 7.89. The maximum Gasteiger partial charge on any atom is 0.320 e. The summed E-state index contributed by atoms with van der Waals surface area (Å²) in [5.74, 6) is -0.110. The van der Waals surface area contributed by atoms with Crippen LogP contribution in [0.3, 0.4) is 0 Å². The van der Waals surface area contributed by atoms with Crippen LogP contribution < -0.4 is 0 Å². The van der Waals surface area contributed by atoms with E-state index in [1.807, 2.05) is 6.92 Å². The van der Waals surface area contributed by atoms with Gasteiger partial charge in [-0.1, -0.05) is 31.2 Å². The molecule has 0 N–H and O–H groups in total. The molecule has 1 aliphatic rings. The standard InChI is InChI=1S/C17H26N2O2/c1-3-15-6-5-7-16(12-15)13-18-8-10-19(11-9-18)14-17(20)21-4-2/h5-7,12H,3-4,8-11,13-14H2,1-2H3. The summed E-state index contributed by atoms with van der Waals surface area (Å²) in [5.41, 5.74) is 2.78. The molecular formula is C17H26N2O2. The number of esters is 1. The van der Waals surface area contributed by atoms with Gasteiger partial charge in [0.15, 0.2) is 0 Å². The second kappa shape index (κ2) is 8.15. The number of carbonyl (C=O) groups excluding carboxylic acids is 1. The molecule has 0 amide bonds. The zero-order valence-corrected chi connectivity index (χ0v) is 13.2. The van der Waals surface area contributed by atoms with E-state index in [2.05, 4.69) is 41.0 Å². The van der Waals surface area contributed by atoms with Crippen molar-refractivity contribution in [1.29, 1.82) is 0 Å². The number of benzene rings is 1. The summed E-state index contributed by atoms with van der Waals surface area (Å²) in [4.78, 5) is 16.1. The molecule has 1 heterocycles. The first-order chi connectivity index (χ1) is 10.2. The largest absolute Gasteiger partial charge is 0.465 e. The molecule has 1 saturated heterocycles. The van der Waals surface area contributed by atoms with Gasteiger partial charge in [0.25, 0.3) is 0 Å². The molecule has 0 atom stereocenters.